The van der Waals surface area contributed by atoms with Crippen LogP contribution in [0.4, 0.5) is 0 Å². The lowest BCUT2D eigenvalue weighted by Crippen LogP contribution is -2.49. The molecule has 3 fully saturated rings. The van der Waals surface area contributed by atoms with Gasteiger partial charge in [0.15, 0.2) is 5.82 Å². The molecule has 0 bridgehead atoms. The fraction of sp³-hybridized carbons (Fsp3) is 0.800. The number of aromatic nitrogens is 2. The zero-order valence-electron chi connectivity index (χ0n) is 16.0. The summed E-state index contributed by atoms with van der Waals surface area (Å²) in [6.45, 7) is 1.08. The fourth-order valence-corrected chi connectivity index (χ4v) is 4.80. The molecule has 0 radical (unpaired) electrons. The van der Waals surface area contributed by atoms with Crippen LogP contribution in [0.15, 0.2) is 4.52 Å². The highest BCUT2D eigenvalue weighted by Gasteiger charge is 2.35. The Balaban J connectivity index is 1.23. The van der Waals surface area contributed by atoms with Crippen LogP contribution in [-0.4, -0.2) is 46.0 Å². The molecular weight excluding hydrogens is 344 g/mol. The summed E-state index contributed by atoms with van der Waals surface area (Å²) in [5, 5.41) is 7.06. The fourth-order valence-electron chi connectivity index (χ4n) is 4.80. The Kier molecular flexibility index (Phi) is 5.74. The number of likely N-dealkylation sites (tertiary alicyclic amines) is 1. The number of carbonyl (C=O) groups excluding carboxylic acids is 2. The molecule has 0 spiro atoms. The van der Waals surface area contributed by atoms with Crippen molar-refractivity contribution in [3.63, 3.8) is 0 Å². The number of nitrogens with zero attached hydrogens (tertiary/aromatic N) is 3. The third kappa shape index (κ3) is 4.33. The monoisotopic (exact) mass is 374 g/mol. The van der Waals surface area contributed by atoms with Gasteiger partial charge < -0.3 is 14.7 Å². The average Bonchev–Trinajstić information content (AvgIpc) is 3.43. The highest BCUT2D eigenvalue weighted by atomic mass is 16.5. The molecule has 7 heteroatoms. The highest BCUT2D eigenvalue weighted by Crippen LogP contribution is 2.33. The summed E-state index contributed by atoms with van der Waals surface area (Å²) in [4.78, 5) is 31.2. The van der Waals surface area contributed by atoms with Crippen molar-refractivity contribution in [2.45, 2.75) is 82.6 Å². The second-order valence-corrected chi connectivity index (χ2v) is 8.29. The smallest absolute Gasteiger partial charge is 0.229 e. The zero-order chi connectivity index (χ0) is 18.6. The minimum absolute atomic E-state index is 0.0463. The van der Waals surface area contributed by atoms with Crippen LogP contribution < -0.4 is 5.32 Å². The first kappa shape index (κ1) is 18.4. The molecule has 2 heterocycles. The average molecular weight is 374 g/mol. The van der Waals surface area contributed by atoms with Crippen LogP contribution in [0.5, 0.6) is 0 Å². The van der Waals surface area contributed by atoms with Gasteiger partial charge in [-0.05, 0) is 32.1 Å². The minimum atomic E-state index is -0.0948. The summed E-state index contributed by atoms with van der Waals surface area (Å²) in [6, 6.07) is 0.349. The van der Waals surface area contributed by atoms with E-state index in [9.17, 15) is 9.59 Å². The number of nitrogens with one attached hydrogen (secondary N) is 1. The van der Waals surface area contributed by atoms with E-state index < -0.39 is 0 Å². The number of amides is 2. The molecule has 148 valence electrons. The molecule has 1 saturated heterocycles. The van der Waals surface area contributed by atoms with Crippen molar-refractivity contribution in [3.8, 4) is 0 Å². The van der Waals surface area contributed by atoms with Crippen LogP contribution in [-0.2, 0) is 16.0 Å². The lowest BCUT2D eigenvalue weighted by Gasteiger charge is -2.36. The lowest BCUT2D eigenvalue weighted by atomic mass is 9.95. The van der Waals surface area contributed by atoms with Gasteiger partial charge in [-0.3, -0.25) is 9.59 Å². The molecule has 1 atom stereocenters. The summed E-state index contributed by atoms with van der Waals surface area (Å²) in [5.74, 6) is 2.02. The van der Waals surface area contributed by atoms with Crippen LogP contribution in [0, 0.1) is 5.92 Å². The van der Waals surface area contributed by atoms with Gasteiger partial charge in [-0.2, -0.15) is 4.98 Å². The molecule has 4 rings (SSSR count). The van der Waals surface area contributed by atoms with Crippen LogP contribution in [0.2, 0.25) is 0 Å². The molecule has 2 saturated carbocycles. The molecule has 1 N–H and O–H groups in total. The molecule has 27 heavy (non-hydrogen) atoms. The van der Waals surface area contributed by atoms with Gasteiger partial charge in [-0.25, -0.2) is 0 Å². The number of hydrogen-bond donors (Lipinski definition) is 1. The van der Waals surface area contributed by atoms with Crippen molar-refractivity contribution >= 4 is 11.8 Å². The number of carbonyl (C=O) groups is 2. The maximum atomic E-state index is 12.6. The van der Waals surface area contributed by atoms with E-state index in [1.54, 1.807) is 0 Å². The Morgan fingerprint density at radius 2 is 1.85 bits per heavy atom. The van der Waals surface area contributed by atoms with Gasteiger partial charge in [0.1, 0.15) is 0 Å². The second-order valence-electron chi connectivity index (χ2n) is 8.29. The normalized spacial score (nSPS) is 24.7. The van der Waals surface area contributed by atoms with Crippen LogP contribution >= 0.6 is 0 Å². The first-order valence-electron chi connectivity index (χ1n) is 10.6. The summed E-state index contributed by atoms with van der Waals surface area (Å²) >= 11 is 0. The topological polar surface area (TPSA) is 88.3 Å². The molecule has 7 nitrogen and oxygen atoms in total. The summed E-state index contributed by atoms with van der Waals surface area (Å²) < 4.78 is 5.39. The zero-order valence-corrected chi connectivity index (χ0v) is 16.0. The number of piperidine rings is 1. The summed E-state index contributed by atoms with van der Waals surface area (Å²) in [5.41, 5.74) is 0. The van der Waals surface area contributed by atoms with E-state index >= 15 is 0 Å². The standard InChI is InChI=1S/C20H30N4O3/c25-18-10-9-15(13-24(18)16-7-3-4-8-16)19(26)21-12-11-17-22-20(27-23-17)14-5-1-2-6-14/h14-16H,1-13H2,(H,21,26)/t15-/m1/s1. The van der Waals surface area contributed by atoms with Gasteiger partial charge in [0.25, 0.3) is 0 Å². The van der Waals surface area contributed by atoms with Gasteiger partial charge in [-0.15, -0.1) is 0 Å². The third-order valence-corrected chi connectivity index (χ3v) is 6.42. The molecule has 0 unspecified atom stereocenters. The van der Waals surface area contributed by atoms with E-state index in [0.29, 0.717) is 50.1 Å². The van der Waals surface area contributed by atoms with Gasteiger partial charge in [0.2, 0.25) is 17.7 Å². The highest BCUT2D eigenvalue weighted by molar-refractivity contribution is 5.84. The van der Waals surface area contributed by atoms with Crippen molar-refractivity contribution in [2.24, 2.45) is 5.92 Å². The quantitative estimate of drug-likeness (QED) is 0.827. The molecular formula is C20H30N4O3. The van der Waals surface area contributed by atoms with Gasteiger partial charge in [0, 0.05) is 37.9 Å². The minimum Gasteiger partial charge on any atom is -0.355 e. The summed E-state index contributed by atoms with van der Waals surface area (Å²) in [7, 11) is 0. The van der Waals surface area contributed by atoms with E-state index in [2.05, 4.69) is 15.5 Å². The van der Waals surface area contributed by atoms with Crippen LogP contribution in [0.3, 0.4) is 0 Å². The predicted octanol–water partition coefficient (Wildman–Crippen LogP) is 2.57. The Hall–Kier alpha value is -1.92. The first-order valence-corrected chi connectivity index (χ1v) is 10.6. The molecule has 1 aliphatic heterocycles. The van der Waals surface area contributed by atoms with Gasteiger partial charge in [-0.1, -0.05) is 30.8 Å². The van der Waals surface area contributed by atoms with E-state index in [4.69, 9.17) is 4.52 Å². The Bertz CT molecular complexity index is 662. The maximum absolute atomic E-state index is 12.6. The van der Waals surface area contributed by atoms with Crippen molar-refractivity contribution in [3.05, 3.63) is 11.7 Å². The number of rotatable bonds is 6. The van der Waals surface area contributed by atoms with Gasteiger partial charge in [0.05, 0.1) is 5.92 Å². The lowest BCUT2D eigenvalue weighted by molar-refractivity contribution is -0.140. The number of hydrogen-bond acceptors (Lipinski definition) is 5. The van der Waals surface area contributed by atoms with Crippen molar-refractivity contribution in [2.75, 3.05) is 13.1 Å². The SMILES string of the molecule is O=C(NCCc1noc(C2CCCC2)n1)[C@@H]1CCC(=O)N(C2CCCC2)C1. The molecule has 1 aromatic heterocycles. The van der Waals surface area contributed by atoms with E-state index in [1.165, 1.54) is 25.7 Å². The Morgan fingerprint density at radius 1 is 1.11 bits per heavy atom. The van der Waals surface area contributed by atoms with Crippen molar-refractivity contribution < 1.29 is 14.1 Å². The Morgan fingerprint density at radius 3 is 2.63 bits per heavy atom. The van der Waals surface area contributed by atoms with Gasteiger partial charge >= 0.3 is 0 Å². The Labute approximate surface area is 160 Å². The van der Waals surface area contributed by atoms with Crippen LogP contribution in [0.1, 0.15) is 81.8 Å². The second kappa shape index (κ2) is 8.40. The van der Waals surface area contributed by atoms with E-state index in [-0.39, 0.29) is 17.7 Å². The third-order valence-electron chi connectivity index (χ3n) is 6.42. The van der Waals surface area contributed by atoms with Crippen molar-refractivity contribution in [1.29, 1.82) is 0 Å². The maximum Gasteiger partial charge on any atom is 0.229 e. The molecule has 3 aliphatic rings. The molecule has 0 aromatic carbocycles. The van der Waals surface area contributed by atoms with Crippen LogP contribution in [0.25, 0.3) is 0 Å². The van der Waals surface area contributed by atoms with Crippen molar-refractivity contribution in [1.82, 2.24) is 20.4 Å². The van der Waals surface area contributed by atoms with E-state index in [0.717, 1.165) is 31.6 Å². The van der Waals surface area contributed by atoms with E-state index in [1.807, 2.05) is 4.90 Å². The largest absolute Gasteiger partial charge is 0.355 e. The molecule has 1 aromatic rings. The molecule has 2 amide bonds. The molecule has 2 aliphatic carbocycles. The first-order chi connectivity index (χ1) is 13.2. The predicted molar refractivity (Wildman–Crippen MR) is 98.9 cm³/mol. The summed E-state index contributed by atoms with van der Waals surface area (Å²) in [6.07, 6.45) is 11.0.